The molecule has 1 aliphatic heterocycles. The minimum atomic E-state index is -0.453. The molecule has 0 unspecified atom stereocenters. The number of carbonyl (C=O) groups excluding carboxylic acids is 1. The number of rotatable bonds is 4. The van der Waals surface area contributed by atoms with Crippen LogP contribution in [0, 0.1) is 0 Å². The summed E-state index contributed by atoms with van der Waals surface area (Å²) in [5.74, 6) is -0.0285. The third-order valence-corrected chi connectivity index (χ3v) is 4.22. The molecule has 2 aliphatic rings. The first-order chi connectivity index (χ1) is 10.8. The van der Waals surface area contributed by atoms with Gasteiger partial charge < -0.3 is 10.2 Å². The molecule has 0 aromatic heterocycles. The zero-order valence-corrected chi connectivity index (χ0v) is 12.3. The van der Waals surface area contributed by atoms with E-state index >= 15 is 0 Å². The van der Waals surface area contributed by atoms with Crippen molar-refractivity contribution in [2.75, 3.05) is 0 Å². The van der Waals surface area contributed by atoms with Gasteiger partial charge in [0.2, 0.25) is 6.10 Å². The lowest BCUT2D eigenvalue weighted by Gasteiger charge is -2.08. The highest BCUT2D eigenvalue weighted by Crippen LogP contribution is 2.23. The highest BCUT2D eigenvalue weighted by molar-refractivity contribution is 5.97. The Bertz CT molecular complexity index is 744. The lowest BCUT2D eigenvalue weighted by molar-refractivity contribution is -0.131. The molecular formula is C18H18N2O2. The predicted molar refractivity (Wildman–Crippen MR) is 85.7 cm³/mol. The molecule has 1 heterocycles. The minimum absolute atomic E-state index is 0.0285. The van der Waals surface area contributed by atoms with E-state index in [0.29, 0.717) is 12.5 Å². The molecule has 0 bridgehead atoms. The Morgan fingerprint density at radius 2 is 2.00 bits per heavy atom. The zero-order valence-electron chi connectivity index (χ0n) is 12.3. The van der Waals surface area contributed by atoms with Crippen LogP contribution in [0.5, 0.6) is 0 Å². The first-order valence-corrected chi connectivity index (χ1v) is 7.78. The summed E-state index contributed by atoms with van der Waals surface area (Å²) < 4.78 is 0. The summed E-state index contributed by atoms with van der Waals surface area (Å²) in [7, 11) is 0. The number of oxime groups is 1. The molecule has 4 heteroatoms. The van der Waals surface area contributed by atoms with Crippen LogP contribution in [0.4, 0.5) is 0 Å². The van der Waals surface area contributed by atoms with Crippen LogP contribution in [0.2, 0.25) is 0 Å². The third-order valence-electron chi connectivity index (χ3n) is 4.22. The van der Waals surface area contributed by atoms with Gasteiger partial charge >= 0.3 is 0 Å². The van der Waals surface area contributed by atoms with Crippen molar-refractivity contribution >= 4 is 22.4 Å². The molecule has 1 fully saturated rings. The van der Waals surface area contributed by atoms with Crippen LogP contribution in [-0.2, 0) is 16.1 Å². The van der Waals surface area contributed by atoms with Gasteiger partial charge in [0, 0.05) is 18.9 Å². The van der Waals surface area contributed by atoms with Crippen molar-refractivity contribution in [2.45, 2.75) is 37.8 Å². The van der Waals surface area contributed by atoms with Gasteiger partial charge in [-0.25, -0.2) is 0 Å². The van der Waals surface area contributed by atoms with Gasteiger partial charge in [-0.05, 0) is 29.2 Å². The summed E-state index contributed by atoms with van der Waals surface area (Å²) in [4.78, 5) is 17.3. The Morgan fingerprint density at radius 1 is 1.18 bits per heavy atom. The van der Waals surface area contributed by atoms with Crippen molar-refractivity contribution in [2.24, 2.45) is 5.16 Å². The number of benzene rings is 2. The quantitative estimate of drug-likeness (QED) is 0.942. The maximum absolute atomic E-state index is 12.0. The molecule has 1 aliphatic carbocycles. The van der Waals surface area contributed by atoms with E-state index in [9.17, 15) is 4.79 Å². The van der Waals surface area contributed by atoms with Crippen molar-refractivity contribution in [3.63, 3.8) is 0 Å². The third kappa shape index (κ3) is 2.69. The lowest BCUT2D eigenvalue weighted by Crippen LogP contribution is -2.36. The first-order valence-electron chi connectivity index (χ1n) is 7.78. The Hall–Kier alpha value is -2.36. The zero-order chi connectivity index (χ0) is 14.9. The fraction of sp³-hybridized carbons (Fsp3) is 0.333. The average molecular weight is 294 g/mol. The molecule has 22 heavy (non-hydrogen) atoms. The summed E-state index contributed by atoms with van der Waals surface area (Å²) in [6.45, 7) is 0. The number of carbonyl (C=O) groups is 1. The van der Waals surface area contributed by atoms with Crippen LogP contribution in [0.3, 0.4) is 0 Å². The predicted octanol–water partition coefficient (Wildman–Crippen LogP) is 2.81. The molecule has 2 aromatic carbocycles. The number of amides is 1. The number of fused-ring (bicyclic) bond motifs is 1. The maximum Gasteiger partial charge on any atom is 0.264 e. The number of hydrogen-bond acceptors (Lipinski definition) is 3. The van der Waals surface area contributed by atoms with Gasteiger partial charge in [0.1, 0.15) is 0 Å². The molecule has 1 amide bonds. The van der Waals surface area contributed by atoms with Gasteiger partial charge in [-0.3, -0.25) is 4.79 Å². The van der Waals surface area contributed by atoms with Crippen molar-refractivity contribution in [1.82, 2.24) is 5.32 Å². The summed E-state index contributed by atoms with van der Waals surface area (Å²) in [6.07, 6.45) is 3.03. The number of nitrogens with one attached hydrogen (secondary N) is 1. The Kier molecular flexibility index (Phi) is 3.29. The van der Waals surface area contributed by atoms with Gasteiger partial charge in [-0.15, -0.1) is 0 Å². The molecule has 1 saturated carbocycles. The molecule has 0 radical (unpaired) electrons. The van der Waals surface area contributed by atoms with Crippen LogP contribution < -0.4 is 5.32 Å². The SMILES string of the molecule is O=C(NC1CC1)[C@@H]1CC(Cc2cccc3ccccc23)=NO1. The summed E-state index contributed by atoms with van der Waals surface area (Å²) in [6, 6.07) is 15.0. The second-order valence-electron chi connectivity index (χ2n) is 6.05. The van der Waals surface area contributed by atoms with Crippen LogP contribution in [0.25, 0.3) is 10.8 Å². The van der Waals surface area contributed by atoms with E-state index < -0.39 is 6.10 Å². The van der Waals surface area contributed by atoms with Gasteiger partial charge in [0.05, 0.1) is 5.71 Å². The van der Waals surface area contributed by atoms with Crippen LogP contribution in [0.1, 0.15) is 24.8 Å². The molecular weight excluding hydrogens is 276 g/mol. The van der Waals surface area contributed by atoms with Crippen LogP contribution in [-0.4, -0.2) is 23.8 Å². The normalized spacial score (nSPS) is 20.5. The summed E-state index contributed by atoms with van der Waals surface area (Å²) in [5.41, 5.74) is 2.16. The van der Waals surface area contributed by atoms with Gasteiger partial charge in [0.15, 0.2) is 0 Å². The number of nitrogens with zero attached hydrogens (tertiary/aromatic N) is 1. The Labute approximate surface area is 129 Å². The summed E-state index contributed by atoms with van der Waals surface area (Å²) >= 11 is 0. The van der Waals surface area contributed by atoms with E-state index in [1.165, 1.54) is 16.3 Å². The van der Waals surface area contributed by atoms with Crippen molar-refractivity contribution in [1.29, 1.82) is 0 Å². The molecule has 112 valence electrons. The lowest BCUT2D eigenvalue weighted by atomic mass is 9.98. The largest absolute Gasteiger partial charge is 0.382 e. The fourth-order valence-electron chi connectivity index (χ4n) is 2.86. The smallest absolute Gasteiger partial charge is 0.264 e. The van der Waals surface area contributed by atoms with E-state index in [1.807, 2.05) is 12.1 Å². The minimum Gasteiger partial charge on any atom is -0.382 e. The molecule has 2 aromatic rings. The standard InChI is InChI=1S/C18H18N2O2/c21-18(19-14-8-9-14)17-11-15(20-22-17)10-13-6-3-5-12-4-1-2-7-16(12)13/h1-7,14,17H,8-11H2,(H,19,21)/t17-/m0/s1. The van der Waals surface area contributed by atoms with E-state index in [1.54, 1.807) is 0 Å². The monoisotopic (exact) mass is 294 g/mol. The molecule has 0 spiro atoms. The topological polar surface area (TPSA) is 50.7 Å². The second-order valence-corrected chi connectivity index (χ2v) is 6.05. The summed E-state index contributed by atoms with van der Waals surface area (Å²) in [5, 5.41) is 9.56. The van der Waals surface area contributed by atoms with Gasteiger partial charge in [0.25, 0.3) is 5.91 Å². The molecule has 1 N–H and O–H groups in total. The molecule has 4 rings (SSSR count). The average Bonchev–Trinajstić information content (AvgIpc) is 3.23. The Balaban J connectivity index is 1.46. The van der Waals surface area contributed by atoms with E-state index in [-0.39, 0.29) is 5.91 Å². The molecule has 4 nitrogen and oxygen atoms in total. The molecule has 0 saturated heterocycles. The van der Waals surface area contributed by atoms with E-state index in [2.05, 4.69) is 40.8 Å². The first kappa shape index (κ1) is 13.3. The van der Waals surface area contributed by atoms with Crippen molar-refractivity contribution < 1.29 is 9.63 Å². The van der Waals surface area contributed by atoms with E-state index in [0.717, 1.165) is 25.0 Å². The van der Waals surface area contributed by atoms with Crippen LogP contribution >= 0.6 is 0 Å². The highest BCUT2D eigenvalue weighted by atomic mass is 16.6. The maximum atomic E-state index is 12.0. The fourth-order valence-corrected chi connectivity index (χ4v) is 2.86. The van der Waals surface area contributed by atoms with Crippen molar-refractivity contribution in [3.8, 4) is 0 Å². The van der Waals surface area contributed by atoms with Crippen LogP contribution in [0.15, 0.2) is 47.6 Å². The van der Waals surface area contributed by atoms with Gasteiger partial charge in [-0.1, -0.05) is 47.6 Å². The number of hydrogen-bond donors (Lipinski definition) is 1. The van der Waals surface area contributed by atoms with Gasteiger partial charge in [-0.2, -0.15) is 0 Å². The van der Waals surface area contributed by atoms with Crippen molar-refractivity contribution in [3.05, 3.63) is 48.0 Å². The van der Waals surface area contributed by atoms with E-state index in [4.69, 9.17) is 4.84 Å². The molecule has 1 atom stereocenters. The highest BCUT2D eigenvalue weighted by Gasteiger charge is 2.32. The Morgan fingerprint density at radius 3 is 2.86 bits per heavy atom. The second kappa shape index (κ2) is 5.44.